The molecule has 106 valence electrons. The number of anilines is 1. The quantitative estimate of drug-likeness (QED) is 0.821. The Bertz CT molecular complexity index is 563. The fourth-order valence-corrected chi connectivity index (χ4v) is 3.89. The minimum Gasteiger partial charge on any atom is -0.399 e. The molecule has 19 heavy (non-hydrogen) atoms. The average Bonchev–Trinajstić information content (AvgIpc) is 2.34. The van der Waals surface area contributed by atoms with Crippen LogP contribution in [-0.2, 0) is 14.8 Å². The van der Waals surface area contributed by atoms with Gasteiger partial charge < -0.3 is 10.5 Å². The minimum atomic E-state index is -3.52. The second kappa shape index (κ2) is 5.48. The molecule has 0 aromatic heterocycles. The Morgan fingerprint density at radius 1 is 1.26 bits per heavy atom. The Balaban J connectivity index is 2.28. The van der Waals surface area contributed by atoms with Gasteiger partial charge in [-0.15, -0.1) is 0 Å². The zero-order chi connectivity index (χ0) is 14.0. The van der Waals surface area contributed by atoms with Crippen LogP contribution in [0.5, 0.6) is 0 Å². The van der Waals surface area contributed by atoms with Gasteiger partial charge in [-0.1, -0.05) is 0 Å². The van der Waals surface area contributed by atoms with Crippen LogP contribution in [0.15, 0.2) is 17.0 Å². The number of ether oxygens (including phenoxy) is 1. The second-order valence-corrected chi connectivity index (χ2v) is 6.65. The van der Waals surface area contributed by atoms with Gasteiger partial charge in [0.25, 0.3) is 0 Å². The van der Waals surface area contributed by atoms with Gasteiger partial charge in [0.1, 0.15) is 0 Å². The number of sulfonamides is 1. The Hall–Kier alpha value is -1.11. The van der Waals surface area contributed by atoms with Crippen molar-refractivity contribution in [1.29, 1.82) is 0 Å². The van der Waals surface area contributed by atoms with E-state index in [1.165, 1.54) is 6.07 Å². The Morgan fingerprint density at radius 2 is 1.89 bits per heavy atom. The van der Waals surface area contributed by atoms with E-state index in [1.807, 2.05) is 6.92 Å². The Labute approximate surface area is 114 Å². The molecule has 1 aliphatic rings. The molecular weight excluding hydrogens is 264 g/mol. The standard InChI is InChI=1S/C13H20N2O3S/c1-9-7-11(14)8-13(10(9)2)19(16,17)15-12-3-5-18-6-4-12/h7-8,12,15H,3-6,14H2,1-2H3. The van der Waals surface area contributed by atoms with Crippen LogP contribution in [0, 0.1) is 13.8 Å². The first kappa shape index (κ1) is 14.3. The molecule has 0 radical (unpaired) electrons. The molecule has 1 aromatic carbocycles. The minimum absolute atomic E-state index is 0.0557. The first-order valence-electron chi connectivity index (χ1n) is 6.37. The fourth-order valence-electron chi connectivity index (χ4n) is 2.23. The maximum absolute atomic E-state index is 12.4. The molecule has 0 amide bonds. The largest absolute Gasteiger partial charge is 0.399 e. The van der Waals surface area contributed by atoms with Crippen LogP contribution < -0.4 is 10.5 Å². The van der Waals surface area contributed by atoms with Gasteiger partial charge in [-0.25, -0.2) is 13.1 Å². The van der Waals surface area contributed by atoms with Crippen molar-refractivity contribution in [2.24, 2.45) is 0 Å². The predicted octanol–water partition coefficient (Wildman–Crippen LogP) is 1.34. The van der Waals surface area contributed by atoms with Gasteiger partial charge in [-0.2, -0.15) is 0 Å². The third-order valence-corrected chi connectivity index (χ3v) is 5.12. The summed E-state index contributed by atoms with van der Waals surface area (Å²) in [5, 5.41) is 0. The second-order valence-electron chi connectivity index (χ2n) is 4.97. The van der Waals surface area contributed by atoms with Crippen LogP contribution in [0.3, 0.4) is 0 Å². The smallest absolute Gasteiger partial charge is 0.241 e. The van der Waals surface area contributed by atoms with Crippen LogP contribution in [0.1, 0.15) is 24.0 Å². The third kappa shape index (κ3) is 3.26. The summed E-state index contributed by atoms with van der Waals surface area (Å²) in [4.78, 5) is 0.275. The SMILES string of the molecule is Cc1cc(N)cc(S(=O)(=O)NC2CCOCC2)c1C. The number of hydrogen-bond acceptors (Lipinski definition) is 4. The number of nitrogen functional groups attached to an aromatic ring is 1. The molecule has 0 saturated carbocycles. The molecule has 1 aromatic rings. The van der Waals surface area contributed by atoms with E-state index in [2.05, 4.69) is 4.72 Å². The Kier molecular flexibility index (Phi) is 4.13. The maximum atomic E-state index is 12.4. The van der Waals surface area contributed by atoms with E-state index in [-0.39, 0.29) is 10.9 Å². The molecule has 1 heterocycles. The van der Waals surface area contributed by atoms with Crippen molar-refractivity contribution in [3.8, 4) is 0 Å². The molecule has 0 spiro atoms. The number of nitrogens with two attached hydrogens (primary N) is 1. The van der Waals surface area contributed by atoms with Crippen LogP contribution in [0.25, 0.3) is 0 Å². The van der Waals surface area contributed by atoms with Crippen molar-refractivity contribution in [2.75, 3.05) is 18.9 Å². The van der Waals surface area contributed by atoms with E-state index >= 15 is 0 Å². The van der Waals surface area contributed by atoms with Crippen LogP contribution in [-0.4, -0.2) is 27.7 Å². The molecule has 0 bridgehead atoms. The first-order valence-corrected chi connectivity index (χ1v) is 7.85. The fraction of sp³-hybridized carbons (Fsp3) is 0.538. The van der Waals surface area contributed by atoms with Gasteiger partial charge in [-0.3, -0.25) is 0 Å². The predicted molar refractivity (Wildman–Crippen MR) is 74.5 cm³/mol. The zero-order valence-corrected chi connectivity index (χ0v) is 12.1. The number of hydrogen-bond donors (Lipinski definition) is 2. The highest BCUT2D eigenvalue weighted by Crippen LogP contribution is 2.23. The van der Waals surface area contributed by atoms with Gasteiger partial charge in [0, 0.05) is 24.9 Å². The molecule has 0 aliphatic carbocycles. The summed E-state index contributed by atoms with van der Waals surface area (Å²) >= 11 is 0. The molecule has 5 nitrogen and oxygen atoms in total. The first-order chi connectivity index (χ1) is 8.90. The molecule has 0 atom stereocenters. The Morgan fingerprint density at radius 3 is 2.53 bits per heavy atom. The lowest BCUT2D eigenvalue weighted by Crippen LogP contribution is -2.39. The van der Waals surface area contributed by atoms with Crippen LogP contribution >= 0.6 is 0 Å². The highest BCUT2D eigenvalue weighted by molar-refractivity contribution is 7.89. The van der Waals surface area contributed by atoms with Crippen molar-refractivity contribution >= 4 is 15.7 Å². The van der Waals surface area contributed by atoms with Crippen LogP contribution in [0.4, 0.5) is 5.69 Å². The summed E-state index contributed by atoms with van der Waals surface area (Å²) in [6, 6.07) is 3.24. The summed E-state index contributed by atoms with van der Waals surface area (Å²) < 4.78 is 32.8. The number of benzene rings is 1. The lowest BCUT2D eigenvalue weighted by atomic mass is 10.1. The highest BCUT2D eigenvalue weighted by atomic mass is 32.2. The average molecular weight is 284 g/mol. The van der Waals surface area contributed by atoms with Crippen molar-refractivity contribution in [3.05, 3.63) is 23.3 Å². The number of nitrogens with one attached hydrogen (secondary N) is 1. The summed E-state index contributed by atoms with van der Waals surface area (Å²) in [7, 11) is -3.52. The summed E-state index contributed by atoms with van der Waals surface area (Å²) in [6.07, 6.45) is 1.42. The highest BCUT2D eigenvalue weighted by Gasteiger charge is 2.24. The van der Waals surface area contributed by atoms with Gasteiger partial charge in [0.2, 0.25) is 10.0 Å². The van der Waals surface area contributed by atoms with Gasteiger partial charge >= 0.3 is 0 Å². The topological polar surface area (TPSA) is 81.4 Å². The van der Waals surface area contributed by atoms with E-state index < -0.39 is 10.0 Å². The van der Waals surface area contributed by atoms with Crippen molar-refractivity contribution in [1.82, 2.24) is 4.72 Å². The van der Waals surface area contributed by atoms with Crippen molar-refractivity contribution < 1.29 is 13.2 Å². The molecule has 1 saturated heterocycles. The lowest BCUT2D eigenvalue weighted by molar-refractivity contribution is 0.0832. The van der Waals surface area contributed by atoms with Gasteiger partial charge in [0.15, 0.2) is 0 Å². The molecular formula is C13H20N2O3S. The zero-order valence-electron chi connectivity index (χ0n) is 11.3. The van der Waals surface area contributed by atoms with E-state index in [1.54, 1.807) is 13.0 Å². The van der Waals surface area contributed by atoms with E-state index in [0.29, 0.717) is 31.7 Å². The van der Waals surface area contributed by atoms with E-state index in [9.17, 15) is 8.42 Å². The van der Waals surface area contributed by atoms with Crippen molar-refractivity contribution in [2.45, 2.75) is 37.6 Å². The van der Waals surface area contributed by atoms with E-state index in [0.717, 1.165) is 11.1 Å². The monoisotopic (exact) mass is 284 g/mol. The number of rotatable bonds is 3. The molecule has 1 aliphatic heterocycles. The molecule has 0 unspecified atom stereocenters. The molecule has 6 heteroatoms. The molecule has 2 rings (SSSR count). The number of aryl methyl sites for hydroxylation is 1. The van der Waals surface area contributed by atoms with Gasteiger partial charge in [-0.05, 0) is 49.9 Å². The van der Waals surface area contributed by atoms with Crippen LogP contribution in [0.2, 0.25) is 0 Å². The lowest BCUT2D eigenvalue weighted by Gasteiger charge is -2.23. The van der Waals surface area contributed by atoms with Crippen molar-refractivity contribution in [3.63, 3.8) is 0 Å². The van der Waals surface area contributed by atoms with E-state index in [4.69, 9.17) is 10.5 Å². The molecule has 3 N–H and O–H groups in total. The van der Waals surface area contributed by atoms with Gasteiger partial charge in [0.05, 0.1) is 4.90 Å². The summed E-state index contributed by atoms with van der Waals surface area (Å²) in [5.41, 5.74) is 7.84. The summed E-state index contributed by atoms with van der Waals surface area (Å²) in [6.45, 7) is 4.86. The summed E-state index contributed by atoms with van der Waals surface area (Å²) in [5.74, 6) is 0. The maximum Gasteiger partial charge on any atom is 0.241 e. The normalized spacial score (nSPS) is 17.6. The third-order valence-electron chi connectivity index (χ3n) is 3.47. The molecule has 1 fully saturated rings.